The highest BCUT2D eigenvalue weighted by molar-refractivity contribution is 6.08. The Morgan fingerprint density at radius 2 is 0.980 bits per heavy atom. The summed E-state index contributed by atoms with van der Waals surface area (Å²) in [4.78, 5) is 5.47. The fraction of sp³-hybridized carbons (Fsp3) is 0.0652. The molecule has 0 aromatic heterocycles. The summed E-state index contributed by atoms with van der Waals surface area (Å²) in [5.74, 6) is 0.881. The Morgan fingerprint density at radius 3 is 1.69 bits per heavy atom. The van der Waals surface area contributed by atoms with Gasteiger partial charge in [-0.3, -0.25) is 5.32 Å². The maximum atomic E-state index is 5.47. The summed E-state index contributed by atoms with van der Waals surface area (Å²) in [5.41, 5.74) is 12.8. The van der Waals surface area contributed by atoms with E-state index in [1.54, 1.807) is 0 Å². The molecular formula is C46H35N3. The van der Waals surface area contributed by atoms with E-state index in [1.165, 1.54) is 44.5 Å². The molecular weight excluding hydrogens is 595 g/mol. The average molecular weight is 630 g/mol. The van der Waals surface area contributed by atoms with E-state index in [9.17, 15) is 0 Å². The van der Waals surface area contributed by atoms with E-state index in [0.717, 1.165) is 22.5 Å². The molecule has 3 nitrogen and oxygen atoms in total. The van der Waals surface area contributed by atoms with Gasteiger partial charge in [0.1, 0.15) is 18.2 Å². The highest BCUT2D eigenvalue weighted by Crippen LogP contribution is 2.57. The van der Waals surface area contributed by atoms with Crippen LogP contribution in [-0.4, -0.2) is 5.84 Å². The minimum Gasteiger partial charge on any atom is -0.350 e. The van der Waals surface area contributed by atoms with Crippen molar-refractivity contribution in [1.82, 2.24) is 10.6 Å². The topological polar surface area (TPSA) is 36.4 Å². The van der Waals surface area contributed by atoms with Gasteiger partial charge in [0.05, 0.1) is 5.41 Å². The van der Waals surface area contributed by atoms with E-state index < -0.39 is 5.41 Å². The van der Waals surface area contributed by atoms with Gasteiger partial charge in [-0.2, -0.15) is 0 Å². The molecule has 234 valence electrons. The largest absolute Gasteiger partial charge is 0.350 e. The van der Waals surface area contributed by atoms with E-state index in [1.807, 2.05) is 0 Å². The van der Waals surface area contributed by atoms with Gasteiger partial charge in [-0.05, 0) is 61.7 Å². The molecule has 0 amide bonds. The molecule has 1 heterocycles. The minimum absolute atomic E-state index is 0.139. The lowest BCUT2D eigenvalue weighted by Gasteiger charge is -2.34. The van der Waals surface area contributed by atoms with Crippen LogP contribution < -0.4 is 10.6 Å². The molecule has 1 aliphatic carbocycles. The number of aliphatic imine (C=N–C) groups is 1. The summed E-state index contributed by atoms with van der Waals surface area (Å²) in [6.07, 6.45) is -0.398. The number of nitrogens with one attached hydrogen (secondary N) is 2. The van der Waals surface area contributed by atoms with Crippen LogP contribution >= 0.6 is 0 Å². The quantitative estimate of drug-likeness (QED) is 0.192. The van der Waals surface area contributed by atoms with Crippen LogP contribution in [0.15, 0.2) is 193 Å². The third kappa shape index (κ3) is 4.90. The predicted octanol–water partition coefficient (Wildman–Crippen LogP) is 10.1. The zero-order valence-electron chi connectivity index (χ0n) is 27.0. The van der Waals surface area contributed by atoms with Crippen LogP contribution in [0, 0.1) is 0 Å². The van der Waals surface area contributed by atoms with Gasteiger partial charge in [0, 0.05) is 5.56 Å². The van der Waals surface area contributed by atoms with Gasteiger partial charge in [0.2, 0.25) is 0 Å². The smallest absolute Gasteiger partial charge is 0.132 e. The molecule has 0 saturated carbocycles. The molecule has 0 saturated heterocycles. The van der Waals surface area contributed by atoms with Gasteiger partial charge in [-0.1, -0.05) is 182 Å². The summed E-state index contributed by atoms with van der Waals surface area (Å²) in [6.45, 7) is 0. The van der Waals surface area contributed by atoms with Crippen LogP contribution in [0.25, 0.3) is 22.3 Å². The summed E-state index contributed by atoms with van der Waals surface area (Å²) in [6, 6.07) is 67.5. The molecule has 0 radical (unpaired) electrons. The third-order valence-electron chi connectivity index (χ3n) is 10.0. The van der Waals surface area contributed by atoms with Crippen molar-refractivity contribution < 1.29 is 0 Å². The van der Waals surface area contributed by atoms with Crippen molar-refractivity contribution in [2.24, 2.45) is 4.99 Å². The third-order valence-corrected chi connectivity index (χ3v) is 10.0. The number of hydrogen-bond acceptors (Lipinski definition) is 3. The standard InChI is InChI=1S/C46H35N3/c1-5-17-32(18-6-1)34-21-15-22-35(31-34)44-47-43(33-19-7-2-8-20-33)48-45(49-44)39-28-16-30-41-42(39)38-27-13-14-29-40(38)46(41,36-23-9-3-10-24-36)37-25-11-4-12-26-37/h1-31,43-44,47H,(H,48,49). The van der Waals surface area contributed by atoms with Gasteiger partial charge < -0.3 is 5.32 Å². The van der Waals surface area contributed by atoms with E-state index in [0.29, 0.717) is 0 Å². The number of amidine groups is 1. The van der Waals surface area contributed by atoms with Crippen LogP contribution in [0.4, 0.5) is 0 Å². The molecule has 9 rings (SSSR count). The van der Waals surface area contributed by atoms with Gasteiger partial charge >= 0.3 is 0 Å². The summed E-state index contributed by atoms with van der Waals surface area (Å²) < 4.78 is 0. The second kappa shape index (κ2) is 12.2. The monoisotopic (exact) mass is 629 g/mol. The second-order valence-corrected chi connectivity index (χ2v) is 12.8. The van der Waals surface area contributed by atoms with Gasteiger partial charge in [0.25, 0.3) is 0 Å². The number of rotatable bonds is 6. The average Bonchev–Trinajstić information content (AvgIpc) is 3.50. The van der Waals surface area contributed by atoms with Crippen LogP contribution in [0.5, 0.6) is 0 Å². The van der Waals surface area contributed by atoms with Crippen LogP contribution in [0.1, 0.15) is 51.3 Å². The summed E-state index contributed by atoms with van der Waals surface area (Å²) >= 11 is 0. The van der Waals surface area contributed by atoms with Gasteiger partial charge in [-0.15, -0.1) is 0 Å². The molecule has 1 aliphatic heterocycles. The fourth-order valence-electron chi connectivity index (χ4n) is 7.89. The van der Waals surface area contributed by atoms with E-state index >= 15 is 0 Å². The molecule has 0 fully saturated rings. The predicted molar refractivity (Wildman–Crippen MR) is 200 cm³/mol. The first-order valence-corrected chi connectivity index (χ1v) is 17.0. The minimum atomic E-state index is -0.472. The Morgan fingerprint density at radius 1 is 0.449 bits per heavy atom. The maximum absolute atomic E-state index is 5.47. The number of benzene rings is 7. The molecule has 7 aromatic carbocycles. The van der Waals surface area contributed by atoms with Crippen molar-refractivity contribution in [3.8, 4) is 22.3 Å². The lowest BCUT2D eigenvalue weighted by atomic mass is 9.67. The SMILES string of the molecule is c1ccc(-c2cccc(C3N=C(c4cccc5c4-c4ccccc4C5(c4ccccc4)c4ccccc4)NC(c4ccccc4)N3)c2)cc1. The highest BCUT2D eigenvalue weighted by Gasteiger charge is 2.47. The van der Waals surface area contributed by atoms with Crippen molar-refractivity contribution in [3.63, 3.8) is 0 Å². The van der Waals surface area contributed by atoms with Gasteiger partial charge in [0.15, 0.2) is 0 Å². The normalized spacial score (nSPS) is 17.3. The second-order valence-electron chi connectivity index (χ2n) is 12.8. The van der Waals surface area contributed by atoms with Crippen LogP contribution in [0.2, 0.25) is 0 Å². The highest BCUT2D eigenvalue weighted by atomic mass is 15.3. The van der Waals surface area contributed by atoms with Crippen molar-refractivity contribution >= 4 is 5.84 Å². The van der Waals surface area contributed by atoms with Crippen molar-refractivity contribution in [3.05, 3.63) is 227 Å². The lowest BCUT2D eigenvalue weighted by molar-refractivity contribution is 0.409. The molecule has 49 heavy (non-hydrogen) atoms. The number of hydrogen-bond donors (Lipinski definition) is 2. The number of nitrogens with zero attached hydrogens (tertiary/aromatic N) is 1. The maximum Gasteiger partial charge on any atom is 0.132 e. The Kier molecular flexibility index (Phi) is 7.26. The molecule has 2 atom stereocenters. The zero-order valence-corrected chi connectivity index (χ0v) is 27.0. The van der Waals surface area contributed by atoms with Crippen LogP contribution in [0.3, 0.4) is 0 Å². The Balaban J connectivity index is 1.26. The molecule has 2 aliphatic rings. The Labute approximate surface area is 287 Å². The lowest BCUT2D eigenvalue weighted by Crippen LogP contribution is -2.45. The Hall–Kier alpha value is -6.03. The molecule has 7 aromatic rings. The van der Waals surface area contributed by atoms with Crippen molar-refractivity contribution in [1.29, 1.82) is 0 Å². The summed E-state index contributed by atoms with van der Waals surface area (Å²) in [5, 5.41) is 7.66. The summed E-state index contributed by atoms with van der Waals surface area (Å²) in [7, 11) is 0. The van der Waals surface area contributed by atoms with E-state index in [4.69, 9.17) is 4.99 Å². The zero-order chi connectivity index (χ0) is 32.6. The van der Waals surface area contributed by atoms with Crippen molar-refractivity contribution in [2.75, 3.05) is 0 Å². The molecule has 0 bridgehead atoms. The first kappa shape index (κ1) is 29.1. The van der Waals surface area contributed by atoms with Gasteiger partial charge in [-0.25, -0.2) is 4.99 Å². The first-order chi connectivity index (χ1) is 24.3. The van der Waals surface area contributed by atoms with Crippen molar-refractivity contribution in [2.45, 2.75) is 17.7 Å². The number of fused-ring (bicyclic) bond motifs is 3. The van der Waals surface area contributed by atoms with E-state index in [-0.39, 0.29) is 12.3 Å². The van der Waals surface area contributed by atoms with Crippen LogP contribution in [-0.2, 0) is 5.41 Å². The fourth-order valence-corrected chi connectivity index (χ4v) is 7.89. The molecule has 3 heteroatoms. The van der Waals surface area contributed by atoms with E-state index in [2.05, 4.69) is 199 Å². The Bertz CT molecular complexity index is 2240. The first-order valence-electron chi connectivity index (χ1n) is 17.0. The molecule has 0 spiro atoms. The molecule has 2 unspecified atom stereocenters. The molecule has 2 N–H and O–H groups in total.